The highest BCUT2D eigenvalue weighted by Crippen LogP contribution is 2.39. The van der Waals surface area contributed by atoms with Crippen LogP contribution in [-0.4, -0.2) is 15.0 Å². The molecule has 10 rings (SSSR count). The first-order valence-electron chi connectivity index (χ1n) is 16.2. The van der Waals surface area contributed by atoms with Gasteiger partial charge in [-0.1, -0.05) is 109 Å². The molecule has 48 heavy (non-hydrogen) atoms. The van der Waals surface area contributed by atoms with E-state index >= 15 is 0 Å². The maximum absolute atomic E-state index is 6.22. The fourth-order valence-electron chi connectivity index (χ4n) is 7.11. The van der Waals surface area contributed by atoms with Crippen molar-refractivity contribution in [2.24, 2.45) is 0 Å². The summed E-state index contributed by atoms with van der Waals surface area (Å²) in [5.41, 5.74) is 7.60. The predicted molar refractivity (Wildman–Crippen MR) is 194 cm³/mol. The van der Waals surface area contributed by atoms with E-state index in [9.17, 15) is 0 Å². The molecule has 9 aromatic rings. The molecular formula is C43H27N3O2. The van der Waals surface area contributed by atoms with Crippen LogP contribution < -0.4 is 0 Å². The van der Waals surface area contributed by atoms with Crippen molar-refractivity contribution in [3.05, 3.63) is 151 Å². The van der Waals surface area contributed by atoms with Crippen LogP contribution in [0, 0.1) is 0 Å². The molecule has 6 aromatic carbocycles. The van der Waals surface area contributed by atoms with Crippen molar-refractivity contribution in [2.45, 2.75) is 12.3 Å². The molecule has 0 bridgehead atoms. The van der Waals surface area contributed by atoms with Crippen LogP contribution >= 0.6 is 0 Å². The number of hydrogen-bond acceptors (Lipinski definition) is 5. The first-order valence-corrected chi connectivity index (χ1v) is 16.2. The molecule has 226 valence electrons. The van der Waals surface area contributed by atoms with Crippen molar-refractivity contribution in [3.8, 4) is 33.9 Å². The average molecular weight is 618 g/mol. The van der Waals surface area contributed by atoms with Crippen LogP contribution in [0.5, 0.6) is 0 Å². The molecular weight excluding hydrogens is 590 g/mol. The third-order valence-corrected chi connectivity index (χ3v) is 9.42. The smallest absolute Gasteiger partial charge is 0.164 e. The van der Waals surface area contributed by atoms with Crippen molar-refractivity contribution in [1.82, 2.24) is 15.0 Å². The van der Waals surface area contributed by atoms with Crippen molar-refractivity contribution < 1.29 is 8.83 Å². The van der Waals surface area contributed by atoms with Crippen LogP contribution in [0.15, 0.2) is 154 Å². The number of allylic oxidation sites excluding steroid dienone is 4. The van der Waals surface area contributed by atoms with Gasteiger partial charge < -0.3 is 8.83 Å². The van der Waals surface area contributed by atoms with E-state index in [1.807, 2.05) is 48.5 Å². The second-order valence-corrected chi connectivity index (χ2v) is 12.3. The third kappa shape index (κ3) is 4.28. The first kappa shape index (κ1) is 26.8. The number of aromatic nitrogens is 3. The van der Waals surface area contributed by atoms with Gasteiger partial charge in [0.25, 0.3) is 0 Å². The number of fused-ring (bicyclic) bond motifs is 7. The van der Waals surface area contributed by atoms with Crippen LogP contribution in [0.1, 0.15) is 18.2 Å². The molecule has 0 saturated heterocycles. The number of benzene rings is 6. The number of hydrogen-bond donors (Lipinski definition) is 0. The van der Waals surface area contributed by atoms with Crippen LogP contribution in [0.2, 0.25) is 0 Å². The van der Waals surface area contributed by atoms with Gasteiger partial charge in [-0.05, 0) is 64.7 Å². The summed E-state index contributed by atoms with van der Waals surface area (Å²) in [5, 5.41) is 6.57. The average Bonchev–Trinajstić information content (AvgIpc) is 3.73. The molecule has 0 aliphatic heterocycles. The van der Waals surface area contributed by atoms with Crippen molar-refractivity contribution in [3.63, 3.8) is 0 Å². The number of rotatable bonds is 4. The fourth-order valence-corrected chi connectivity index (χ4v) is 7.11. The minimum atomic E-state index is 0.0631. The molecule has 0 amide bonds. The molecule has 1 unspecified atom stereocenters. The maximum Gasteiger partial charge on any atom is 0.164 e. The van der Waals surface area contributed by atoms with Gasteiger partial charge in [0.1, 0.15) is 28.2 Å². The molecule has 1 aliphatic rings. The van der Waals surface area contributed by atoms with Gasteiger partial charge in [0, 0.05) is 38.6 Å². The molecule has 1 aliphatic carbocycles. The first-order chi connectivity index (χ1) is 23.8. The second-order valence-electron chi connectivity index (χ2n) is 12.3. The summed E-state index contributed by atoms with van der Waals surface area (Å²) in [5.74, 6) is 2.11. The van der Waals surface area contributed by atoms with Gasteiger partial charge in [0.2, 0.25) is 0 Å². The summed E-state index contributed by atoms with van der Waals surface area (Å²) in [6.07, 6.45) is 9.32. The molecule has 0 fully saturated rings. The van der Waals surface area contributed by atoms with E-state index in [0.29, 0.717) is 11.6 Å². The van der Waals surface area contributed by atoms with Gasteiger partial charge in [-0.25, -0.2) is 15.0 Å². The zero-order valence-corrected chi connectivity index (χ0v) is 25.8. The minimum absolute atomic E-state index is 0.0631. The number of para-hydroxylation sites is 2. The normalized spacial score (nSPS) is 14.6. The largest absolute Gasteiger partial charge is 0.456 e. The maximum atomic E-state index is 6.22. The molecule has 0 saturated carbocycles. The summed E-state index contributed by atoms with van der Waals surface area (Å²) >= 11 is 0. The number of furan rings is 2. The third-order valence-electron chi connectivity index (χ3n) is 9.42. The summed E-state index contributed by atoms with van der Waals surface area (Å²) in [4.78, 5) is 15.3. The van der Waals surface area contributed by atoms with Crippen LogP contribution in [-0.2, 0) is 0 Å². The van der Waals surface area contributed by atoms with E-state index in [1.165, 1.54) is 0 Å². The predicted octanol–water partition coefficient (Wildman–Crippen LogP) is 11.4. The topological polar surface area (TPSA) is 65.0 Å². The quantitative estimate of drug-likeness (QED) is 0.197. The Labute approximate surface area is 275 Å². The zero-order chi connectivity index (χ0) is 31.6. The van der Waals surface area contributed by atoms with Crippen LogP contribution in [0.3, 0.4) is 0 Å². The Balaban J connectivity index is 1.15. The Morgan fingerprint density at radius 1 is 0.500 bits per heavy atom. The highest BCUT2D eigenvalue weighted by Gasteiger charge is 2.20. The Bertz CT molecular complexity index is 2780. The molecule has 0 N–H and O–H groups in total. The van der Waals surface area contributed by atoms with E-state index < -0.39 is 0 Å². The summed E-state index contributed by atoms with van der Waals surface area (Å²) in [6, 6.07) is 41.8. The second kappa shape index (κ2) is 10.6. The molecule has 3 aromatic heterocycles. The van der Waals surface area contributed by atoms with E-state index in [4.69, 9.17) is 23.8 Å². The lowest BCUT2D eigenvalue weighted by Gasteiger charge is -2.15. The summed E-state index contributed by atoms with van der Waals surface area (Å²) in [7, 11) is 0. The lowest BCUT2D eigenvalue weighted by Crippen LogP contribution is -2.08. The Morgan fingerprint density at radius 3 is 1.85 bits per heavy atom. The number of nitrogens with zero attached hydrogens (tertiary/aromatic N) is 3. The van der Waals surface area contributed by atoms with Crippen LogP contribution in [0.25, 0.3) is 88.6 Å². The van der Waals surface area contributed by atoms with Crippen molar-refractivity contribution in [2.75, 3.05) is 0 Å². The van der Waals surface area contributed by atoms with Gasteiger partial charge in [-0.15, -0.1) is 0 Å². The van der Waals surface area contributed by atoms with E-state index in [0.717, 1.165) is 89.1 Å². The SMILES string of the molecule is C1=CCC(c2nc(-c3ccc4ccc(-c5cccc6oc7ccccc7c56)cc4c3)nc(-c3cccc4oc5ccccc5c34)n2)C=C1. The van der Waals surface area contributed by atoms with E-state index in [-0.39, 0.29) is 5.92 Å². The highest BCUT2D eigenvalue weighted by molar-refractivity contribution is 6.13. The zero-order valence-electron chi connectivity index (χ0n) is 25.8. The fraction of sp³-hybridized carbons (Fsp3) is 0.0465. The lowest BCUT2D eigenvalue weighted by molar-refractivity contribution is 0.668. The molecule has 1 atom stereocenters. The summed E-state index contributed by atoms with van der Waals surface area (Å²) in [6.45, 7) is 0. The monoisotopic (exact) mass is 617 g/mol. The molecule has 0 spiro atoms. The van der Waals surface area contributed by atoms with Gasteiger partial charge in [-0.3, -0.25) is 0 Å². The summed E-state index contributed by atoms with van der Waals surface area (Å²) < 4.78 is 12.4. The van der Waals surface area contributed by atoms with Crippen molar-refractivity contribution in [1.29, 1.82) is 0 Å². The standard InChI is InChI=1S/C43H27N3O2/c1-2-10-27(11-3-1)41-44-42(46-43(45-41)34-15-9-19-38-40(34)33-13-5-7-17-36(33)48-38)29-23-21-26-20-22-28(24-30(26)25-29)31-14-8-18-37-39(31)32-12-4-6-16-35(32)47-37/h1-10,12-25,27H,11H2. The lowest BCUT2D eigenvalue weighted by atomic mass is 9.96. The minimum Gasteiger partial charge on any atom is -0.456 e. The van der Waals surface area contributed by atoms with Gasteiger partial charge >= 0.3 is 0 Å². The van der Waals surface area contributed by atoms with E-state index in [2.05, 4.69) is 97.1 Å². The van der Waals surface area contributed by atoms with E-state index in [1.54, 1.807) is 0 Å². The molecule has 5 nitrogen and oxygen atoms in total. The van der Waals surface area contributed by atoms with Gasteiger partial charge in [0.15, 0.2) is 11.6 Å². The van der Waals surface area contributed by atoms with Crippen LogP contribution in [0.4, 0.5) is 0 Å². The molecule has 0 radical (unpaired) electrons. The highest BCUT2D eigenvalue weighted by atomic mass is 16.3. The Kier molecular flexibility index (Phi) is 5.93. The molecule has 3 heterocycles. The van der Waals surface area contributed by atoms with Gasteiger partial charge in [0.05, 0.1) is 0 Å². The Hall–Kier alpha value is -6.33. The molecule has 5 heteroatoms. The van der Waals surface area contributed by atoms with Crippen molar-refractivity contribution >= 4 is 54.6 Å². The Morgan fingerprint density at radius 2 is 1.12 bits per heavy atom. The van der Waals surface area contributed by atoms with Gasteiger partial charge in [-0.2, -0.15) is 0 Å².